The molecule has 15 heavy (non-hydrogen) atoms. The lowest BCUT2D eigenvalue weighted by atomic mass is 10.4. The van der Waals surface area contributed by atoms with E-state index in [1.54, 1.807) is 22.9 Å². The fourth-order valence-electron chi connectivity index (χ4n) is 1.10. The van der Waals surface area contributed by atoms with E-state index >= 15 is 0 Å². The first-order chi connectivity index (χ1) is 7.29. The molecule has 0 bridgehead atoms. The molecule has 1 aromatic rings. The predicted octanol–water partition coefficient (Wildman–Crippen LogP) is 1.63. The van der Waals surface area contributed by atoms with Crippen LogP contribution in [-0.4, -0.2) is 47.9 Å². The average Bonchev–Trinajstić information content (AvgIpc) is 2.76. The minimum Gasteiger partial charge on any atom is -0.383 e. The number of methoxy groups -OCH3 is 1. The van der Waals surface area contributed by atoms with Crippen LogP contribution in [0.25, 0.3) is 0 Å². The van der Waals surface area contributed by atoms with E-state index in [1.807, 2.05) is 0 Å². The molecule has 0 fully saturated rings. The number of hydrogen-bond donors (Lipinski definition) is 0. The van der Waals surface area contributed by atoms with Crippen LogP contribution in [0, 0.1) is 0 Å². The van der Waals surface area contributed by atoms with Gasteiger partial charge in [-0.3, -0.25) is 4.79 Å². The fourth-order valence-corrected chi connectivity index (χ4v) is 2.05. The van der Waals surface area contributed by atoms with E-state index in [-0.39, 0.29) is 5.91 Å². The summed E-state index contributed by atoms with van der Waals surface area (Å²) in [5.41, 5.74) is 2.17. The van der Waals surface area contributed by atoms with Crippen molar-refractivity contribution < 1.29 is 9.53 Å². The molecular weight excluding hydrogens is 280 g/mol. The molecular formula is C9H13BrN2O2S. The van der Waals surface area contributed by atoms with Crippen molar-refractivity contribution in [2.45, 2.75) is 0 Å². The molecule has 0 spiro atoms. The third-order valence-corrected chi connectivity index (χ3v) is 2.80. The van der Waals surface area contributed by atoms with Gasteiger partial charge in [0.15, 0.2) is 0 Å². The largest absolute Gasteiger partial charge is 0.383 e. The minimum atomic E-state index is -0.0345. The lowest BCUT2D eigenvalue weighted by molar-refractivity contribution is 0.0704. The Bertz CT molecular complexity index is 292. The Labute approximate surface area is 101 Å². The molecule has 4 nitrogen and oxygen atoms in total. The molecule has 1 heterocycles. The third-order valence-electron chi connectivity index (χ3n) is 1.86. The number of carbonyl (C=O) groups is 1. The molecule has 0 atom stereocenters. The van der Waals surface area contributed by atoms with Crippen molar-refractivity contribution in [3.63, 3.8) is 0 Å². The number of ether oxygens (including phenoxy) is 1. The number of alkyl halides is 1. The van der Waals surface area contributed by atoms with Crippen LogP contribution in [0.2, 0.25) is 0 Å². The Morgan fingerprint density at radius 1 is 1.67 bits per heavy atom. The zero-order valence-electron chi connectivity index (χ0n) is 8.48. The fraction of sp³-hybridized carbons (Fsp3) is 0.556. The summed E-state index contributed by atoms with van der Waals surface area (Å²) in [6, 6.07) is 0. The van der Waals surface area contributed by atoms with Gasteiger partial charge in [0.1, 0.15) is 5.69 Å². The van der Waals surface area contributed by atoms with Crippen molar-refractivity contribution in [1.82, 2.24) is 9.88 Å². The maximum absolute atomic E-state index is 11.9. The van der Waals surface area contributed by atoms with Crippen molar-refractivity contribution in [1.29, 1.82) is 0 Å². The Morgan fingerprint density at radius 3 is 3.00 bits per heavy atom. The van der Waals surface area contributed by atoms with Gasteiger partial charge in [0, 0.05) is 30.9 Å². The number of carbonyl (C=O) groups excluding carboxylic acids is 1. The summed E-state index contributed by atoms with van der Waals surface area (Å²) in [7, 11) is 1.62. The lowest BCUT2D eigenvalue weighted by Gasteiger charge is -2.20. The first-order valence-corrected chi connectivity index (χ1v) is 6.58. The predicted molar refractivity (Wildman–Crippen MR) is 63.7 cm³/mol. The topological polar surface area (TPSA) is 42.4 Å². The van der Waals surface area contributed by atoms with Crippen LogP contribution in [0.15, 0.2) is 10.9 Å². The molecule has 0 aromatic carbocycles. The van der Waals surface area contributed by atoms with Crippen molar-refractivity contribution in [3.05, 3.63) is 16.6 Å². The van der Waals surface area contributed by atoms with Gasteiger partial charge in [-0.05, 0) is 0 Å². The molecule has 0 radical (unpaired) electrons. The molecule has 84 valence electrons. The zero-order chi connectivity index (χ0) is 11.1. The van der Waals surface area contributed by atoms with Gasteiger partial charge >= 0.3 is 0 Å². The van der Waals surface area contributed by atoms with Gasteiger partial charge in [-0.1, -0.05) is 15.9 Å². The second kappa shape index (κ2) is 6.92. The monoisotopic (exact) mass is 292 g/mol. The zero-order valence-corrected chi connectivity index (χ0v) is 10.9. The van der Waals surface area contributed by atoms with E-state index in [4.69, 9.17) is 4.74 Å². The number of hydrogen-bond acceptors (Lipinski definition) is 4. The first-order valence-electron chi connectivity index (χ1n) is 4.52. The van der Waals surface area contributed by atoms with Gasteiger partial charge in [0.05, 0.1) is 12.1 Å². The highest BCUT2D eigenvalue weighted by Crippen LogP contribution is 2.06. The summed E-state index contributed by atoms with van der Waals surface area (Å²) in [5, 5.41) is 2.52. The Kier molecular flexibility index (Phi) is 5.82. The van der Waals surface area contributed by atoms with E-state index in [9.17, 15) is 4.79 Å². The van der Waals surface area contributed by atoms with Gasteiger partial charge in [0.25, 0.3) is 5.91 Å². The number of amides is 1. The quantitative estimate of drug-likeness (QED) is 0.749. The van der Waals surface area contributed by atoms with Gasteiger partial charge in [-0.15, -0.1) is 11.3 Å². The number of aromatic nitrogens is 1. The molecule has 0 saturated carbocycles. The molecule has 0 aliphatic heterocycles. The summed E-state index contributed by atoms with van der Waals surface area (Å²) >= 11 is 4.75. The summed E-state index contributed by atoms with van der Waals surface area (Å²) in [6.07, 6.45) is 0. The average molecular weight is 293 g/mol. The van der Waals surface area contributed by atoms with Crippen molar-refractivity contribution in [2.75, 3.05) is 32.1 Å². The SMILES string of the molecule is COCCN(CCBr)C(=O)c1cscn1. The number of nitrogens with zero attached hydrogens (tertiary/aromatic N) is 2. The minimum absolute atomic E-state index is 0.0345. The first kappa shape index (κ1) is 12.6. The summed E-state index contributed by atoms with van der Waals surface area (Å²) in [4.78, 5) is 17.6. The van der Waals surface area contributed by atoms with Gasteiger partial charge < -0.3 is 9.64 Å². The molecule has 0 saturated heterocycles. The molecule has 6 heteroatoms. The maximum atomic E-state index is 11.9. The van der Waals surface area contributed by atoms with Gasteiger partial charge in [-0.2, -0.15) is 0 Å². The molecule has 1 rings (SSSR count). The Morgan fingerprint density at radius 2 is 2.47 bits per heavy atom. The van der Waals surface area contributed by atoms with E-state index in [2.05, 4.69) is 20.9 Å². The van der Waals surface area contributed by atoms with E-state index in [0.29, 0.717) is 25.4 Å². The maximum Gasteiger partial charge on any atom is 0.273 e. The van der Waals surface area contributed by atoms with Crippen LogP contribution < -0.4 is 0 Å². The molecule has 0 unspecified atom stereocenters. The van der Waals surface area contributed by atoms with E-state index in [1.165, 1.54) is 11.3 Å². The Hall–Kier alpha value is -0.460. The highest BCUT2D eigenvalue weighted by atomic mass is 79.9. The lowest BCUT2D eigenvalue weighted by Crippen LogP contribution is -2.35. The number of thiazole rings is 1. The van der Waals surface area contributed by atoms with Gasteiger partial charge in [-0.25, -0.2) is 4.98 Å². The Balaban J connectivity index is 2.58. The standard InChI is InChI=1S/C9H13BrN2O2S/c1-14-5-4-12(3-2-10)9(13)8-6-15-7-11-8/h6-7H,2-5H2,1H3. The van der Waals surface area contributed by atoms with Crippen molar-refractivity contribution in [2.24, 2.45) is 0 Å². The van der Waals surface area contributed by atoms with Crippen molar-refractivity contribution in [3.8, 4) is 0 Å². The van der Waals surface area contributed by atoms with Crippen LogP contribution in [0.3, 0.4) is 0 Å². The molecule has 0 aliphatic rings. The van der Waals surface area contributed by atoms with Crippen LogP contribution in [0.1, 0.15) is 10.5 Å². The third kappa shape index (κ3) is 3.89. The van der Waals surface area contributed by atoms with Crippen LogP contribution >= 0.6 is 27.3 Å². The second-order valence-corrected chi connectivity index (χ2v) is 4.36. The van der Waals surface area contributed by atoms with Crippen LogP contribution in [0.5, 0.6) is 0 Å². The molecule has 1 amide bonds. The van der Waals surface area contributed by atoms with E-state index in [0.717, 1.165) is 5.33 Å². The van der Waals surface area contributed by atoms with Crippen molar-refractivity contribution >= 4 is 33.2 Å². The smallest absolute Gasteiger partial charge is 0.273 e. The highest BCUT2D eigenvalue weighted by Gasteiger charge is 2.16. The summed E-state index contributed by atoms with van der Waals surface area (Å²) in [6.45, 7) is 1.81. The van der Waals surface area contributed by atoms with Crippen LogP contribution in [-0.2, 0) is 4.74 Å². The normalized spacial score (nSPS) is 10.3. The second-order valence-electron chi connectivity index (χ2n) is 2.85. The molecule has 1 aromatic heterocycles. The number of rotatable bonds is 6. The highest BCUT2D eigenvalue weighted by molar-refractivity contribution is 9.09. The van der Waals surface area contributed by atoms with Gasteiger partial charge in [0.2, 0.25) is 0 Å². The van der Waals surface area contributed by atoms with E-state index < -0.39 is 0 Å². The number of halogens is 1. The molecule has 0 N–H and O–H groups in total. The summed E-state index contributed by atoms with van der Waals surface area (Å²) in [5.74, 6) is -0.0345. The van der Waals surface area contributed by atoms with Crippen LogP contribution in [0.4, 0.5) is 0 Å². The molecule has 0 aliphatic carbocycles. The summed E-state index contributed by atoms with van der Waals surface area (Å²) < 4.78 is 4.96.